The van der Waals surface area contributed by atoms with Crippen molar-refractivity contribution in [2.45, 2.75) is 66.0 Å². The van der Waals surface area contributed by atoms with Crippen LogP contribution in [0, 0.1) is 27.7 Å². The van der Waals surface area contributed by atoms with Crippen LogP contribution in [0.2, 0.25) is 0 Å². The van der Waals surface area contributed by atoms with Crippen LogP contribution in [0.4, 0.5) is 0 Å². The molecule has 2 unspecified atom stereocenters. The molecule has 3 heterocycles. The van der Waals surface area contributed by atoms with Crippen LogP contribution in [0.5, 0.6) is 0 Å². The van der Waals surface area contributed by atoms with E-state index in [2.05, 4.69) is 32.6 Å². The zero-order valence-electron chi connectivity index (χ0n) is 16.7. The highest BCUT2D eigenvalue weighted by molar-refractivity contribution is 5.85. The topological polar surface area (TPSA) is 84.7 Å². The van der Waals surface area contributed by atoms with Crippen molar-refractivity contribution >= 4 is 18.3 Å². The van der Waals surface area contributed by atoms with E-state index < -0.39 is 0 Å². The lowest BCUT2D eigenvalue weighted by Gasteiger charge is -2.28. The number of nitrogens with one attached hydrogen (secondary N) is 2. The van der Waals surface area contributed by atoms with Gasteiger partial charge in [0.25, 0.3) is 5.95 Å². The summed E-state index contributed by atoms with van der Waals surface area (Å²) in [6.07, 6.45) is 2.28. The molecule has 0 radical (unpaired) electrons. The molecule has 2 N–H and O–H groups in total. The second-order valence-electron chi connectivity index (χ2n) is 7.33. The number of aromatic nitrogens is 4. The number of amides is 1. The van der Waals surface area contributed by atoms with Crippen molar-refractivity contribution < 1.29 is 4.79 Å². The summed E-state index contributed by atoms with van der Waals surface area (Å²) < 4.78 is 1.74. The molecule has 27 heavy (non-hydrogen) atoms. The molecule has 2 aromatic rings. The zero-order chi connectivity index (χ0) is 18.8. The Bertz CT molecular complexity index is 799. The van der Waals surface area contributed by atoms with E-state index in [4.69, 9.17) is 0 Å². The van der Waals surface area contributed by atoms with Gasteiger partial charge in [-0.3, -0.25) is 4.79 Å². The van der Waals surface area contributed by atoms with E-state index in [1.54, 1.807) is 4.68 Å². The van der Waals surface area contributed by atoms with Crippen molar-refractivity contribution in [1.82, 2.24) is 30.4 Å². The maximum absolute atomic E-state index is 12.5. The number of hydrogen-bond donors (Lipinski definition) is 2. The fourth-order valence-corrected chi connectivity index (χ4v) is 3.63. The number of halogens is 1. The molecule has 0 spiro atoms. The molecule has 8 heteroatoms. The van der Waals surface area contributed by atoms with Crippen LogP contribution >= 0.6 is 12.4 Å². The molecule has 1 fully saturated rings. The molecule has 0 aromatic carbocycles. The summed E-state index contributed by atoms with van der Waals surface area (Å²) in [7, 11) is 0. The SMILES string of the molecule is Cc1cc(C)nc(-n2nc(C)c(CC(=O)NC3CCNC(C)C3)c2C)n1.Cl. The number of carbonyl (C=O) groups is 1. The van der Waals surface area contributed by atoms with E-state index in [0.29, 0.717) is 18.4 Å². The number of piperidine rings is 1. The van der Waals surface area contributed by atoms with Crippen LogP contribution in [0.3, 0.4) is 0 Å². The van der Waals surface area contributed by atoms with Crippen molar-refractivity contribution in [3.63, 3.8) is 0 Å². The van der Waals surface area contributed by atoms with Crippen LogP contribution in [0.25, 0.3) is 5.95 Å². The van der Waals surface area contributed by atoms with Gasteiger partial charge in [0.15, 0.2) is 0 Å². The molecular formula is C19H29ClN6O. The van der Waals surface area contributed by atoms with Gasteiger partial charge < -0.3 is 10.6 Å². The van der Waals surface area contributed by atoms with Gasteiger partial charge in [-0.2, -0.15) is 5.10 Å². The van der Waals surface area contributed by atoms with Gasteiger partial charge in [0.05, 0.1) is 12.1 Å². The van der Waals surface area contributed by atoms with Crippen molar-refractivity contribution in [2.75, 3.05) is 6.54 Å². The van der Waals surface area contributed by atoms with Gasteiger partial charge in [0.1, 0.15) is 0 Å². The van der Waals surface area contributed by atoms with Gasteiger partial charge in [-0.25, -0.2) is 14.6 Å². The molecule has 2 atom stereocenters. The highest BCUT2D eigenvalue weighted by atomic mass is 35.5. The molecule has 2 aromatic heterocycles. The second kappa shape index (κ2) is 8.80. The molecule has 0 bridgehead atoms. The third kappa shape index (κ3) is 5.05. The minimum Gasteiger partial charge on any atom is -0.353 e. The summed E-state index contributed by atoms with van der Waals surface area (Å²) in [6.45, 7) is 10.9. The maximum atomic E-state index is 12.5. The number of hydrogen-bond acceptors (Lipinski definition) is 5. The lowest BCUT2D eigenvalue weighted by atomic mass is 10.00. The van der Waals surface area contributed by atoms with E-state index in [1.165, 1.54) is 0 Å². The number of carbonyl (C=O) groups excluding carboxylic acids is 1. The first-order valence-corrected chi connectivity index (χ1v) is 9.24. The first-order chi connectivity index (χ1) is 12.3. The monoisotopic (exact) mass is 392 g/mol. The smallest absolute Gasteiger partial charge is 0.251 e. The molecule has 1 aliphatic heterocycles. The van der Waals surface area contributed by atoms with Gasteiger partial charge >= 0.3 is 0 Å². The van der Waals surface area contributed by atoms with Gasteiger partial charge in [-0.1, -0.05) is 0 Å². The van der Waals surface area contributed by atoms with Crippen LogP contribution in [0.15, 0.2) is 6.07 Å². The van der Waals surface area contributed by atoms with E-state index in [1.807, 2.05) is 33.8 Å². The minimum absolute atomic E-state index is 0. The molecular weight excluding hydrogens is 364 g/mol. The first kappa shape index (κ1) is 21.3. The fraction of sp³-hybridized carbons (Fsp3) is 0.579. The highest BCUT2D eigenvalue weighted by Crippen LogP contribution is 2.18. The Balaban J connectivity index is 0.00000261. The fourth-order valence-electron chi connectivity index (χ4n) is 3.63. The molecule has 1 saturated heterocycles. The number of nitrogens with zero attached hydrogens (tertiary/aromatic N) is 4. The normalized spacial score (nSPS) is 19.4. The molecule has 7 nitrogen and oxygen atoms in total. The van der Waals surface area contributed by atoms with Crippen LogP contribution in [-0.2, 0) is 11.2 Å². The van der Waals surface area contributed by atoms with Gasteiger partial charge in [0, 0.05) is 34.7 Å². The van der Waals surface area contributed by atoms with Crippen molar-refractivity contribution in [2.24, 2.45) is 0 Å². The largest absolute Gasteiger partial charge is 0.353 e. The Morgan fingerprint density at radius 2 is 1.93 bits per heavy atom. The van der Waals surface area contributed by atoms with Gasteiger partial charge in [-0.05, 0) is 60.1 Å². The van der Waals surface area contributed by atoms with Gasteiger partial charge in [-0.15, -0.1) is 12.4 Å². The predicted molar refractivity (Wildman–Crippen MR) is 108 cm³/mol. The van der Waals surface area contributed by atoms with Crippen LogP contribution < -0.4 is 10.6 Å². The summed E-state index contributed by atoms with van der Waals surface area (Å²) in [5.41, 5.74) is 4.52. The molecule has 148 valence electrons. The molecule has 3 rings (SSSR count). The third-order valence-corrected chi connectivity index (χ3v) is 4.93. The molecule has 1 amide bonds. The zero-order valence-corrected chi connectivity index (χ0v) is 17.5. The molecule has 0 saturated carbocycles. The Labute approximate surface area is 166 Å². The number of aryl methyl sites for hydroxylation is 3. The summed E-state index contributed by atoms with van der Waals surface area (Å²) in [6, 6.07) is 2.63. The lowest BCUT2D eigenvalue weighted by Crippen LogP contribution is -2.47. The quantitative estimate of drug-likeness (QED) is 0.832. The Kier molecular flexibility index (Phi) is 6.95. The maximum Gasteiger partial charge on any atom is 0.251 e. The Hall–Kier alpha value is -1.99. The van der Waals surface area contributed by atoms with Crippen LogP contribution in [0.1, 0.15) is 48.1 Å². The van der Waals surface area contributed by atoms with Crippen molar-refractivity contribution in [1.29, 1.82) is 0 Å². The van der Waals surface area contributed by atoms with E-state index in [0.717, 1.165) is 47.7 Å². The lowest BCUT2D eigenvalue weighted by molar-refractivity contribution is -0.121. The minimum atomic E-state index is 0. The Morgan fingerprint density at radius 3 is 2.56 bits per heavy atom. The predicted octanol–water partition coefficient (Wildman–Crippen LogP) is 2.12. The van der Waals surface area contributed by atoms with Crippen molar-refractivity contribution in [3.05, 3.63) is 34.4 Å². The summed E-state index contributed by atoms with van der Waals surface area (Å²) in [5.74, 6) is 0.609. The first-order valence-electron chi connectivity index (χ1n) is 9.24. The molecule has 1 aliphatic rings. The summed E-state index contributed by atoms with van der Waals surface area (Å²) >= 11 is 0. The standard InChI is InChI=1S/C19H28N6O.ClH/c1-11-9-16(6-7-20-11)23-18(26)10-17-14(4)24-25(15(17)5)19-21-12(2)8-13(3)22-19;/h8,11,16,20H,6-7,9-10H2,1-5H3,(H,23,26);1H. The third-order valence-electron chi connectivity index (χ3n) is 4.93. The Morgan fingerprint density at radius 1 is 1.26 bits per heavy atom. The van der Waals surface area contributed by atoms with Crippen molar-refractivity contribution in [3.8, 4) is 5.95 Å². The highest BCUT2D eigenvalue weighted by Gasteiger charge is 2.22. The number of rotatable bonds is 4. The second-order valence-corrected chi connectivity index (χ2v) is 7.33. The molecule has 0 aliphatic carbocycles. The summed E-state index contributed by atoms with van der Waals surface area (Å²) in [5, 5.41) is 11.2. The van der Waals surface area contributed by atoms with E-state index in [9.17, 15) is 4.79 Å². The average molecular weight is 393 g/mol. The van der Waals surface area contributed by atoms with Crippen LogP contribution in [-0.4, -0.2) is 44.3 Å². The van der Waals surface area contributed by atoms with E-state index in [-0.39, 0.29) is 24.4 Å². The average Bonchev–Trinajstić information content (AvgIpc) is 2.82. The summed E-state index contributed by atoms with van der Waals surface area (Å²) in [4.78, 5) is 21.5. The van der Waals surface area contributed by atoms with E-state index >= 15 is 0 Å². The van der Waals surface area contributed by atoms with Gasteiger partial charge in [0.2, 0.25) is 5.91 Å².